The van der Waals surface area contributed by atoms with Crippen LogP contribution in [0.5, 0.6) is 5.75 Å². The molecule has 4 N–H and O–H groups in total. The van der Waals surface area contributed by atoms with E-state index in [-0.39, 0.29) is 22.4 Å². The summed E-state index contributed by atoms with van der Waals surface area (Å²) in [6, 6.07) is 7.64. The number of aromatic hydroxyl groups is 1. The minimum Gasteiger partial charge on any atom is -0.505 e. The summed E-state index contributed by atoms with van der Waals surface area (Å²) in [5, 5.41) is 24.1. The largest absolute Gasteiger partial charge is 0.505 e. The zero-order valence-electron chi connectivity index (χ0n) is 15.7. The molecule has 3 aromatic rings. The zero-order valence-corrected chi connectivity index (χ0v) is 15.7. The Morgan fingerprint density at radius 3 is 2.60 bits per heavy atom. The highest BCUT2D eigenvalue weighted by Gasteiger charge is 2.62. The Kier molecular flexibility index (Phi) is 4.54. The van der Waals surface area contributed by atoms with E-state index >= 15 is 0 Å². The van der Waals surface area contributed by atoms with Gasteiger partial charge in [0.15, 0.2) is 17.2 Å². The third-order valence-corrected chi connectivity index (χ3v) is 5.66. The molecule has 0 aliphatic heterocycles. The van der Waals surface area contributed by atoms with Crippen LogP contribution in [-0.2, 0) is 0 Å². The number of benzene rings is 2. The van der Waals surface area contributed by atoms with Crippen LogP contribution >= 0.6 is 0 Å². The van der Waals surface area contributed by atoms with Gasteiger partial charge in [0, 0.05) is 22.7 Å². The first kappa shape index (κ1) is 20.2. The number of aromatic nitrogens is 1. The van der Waals surface area contributed by atoms with Gasteiger partial charge in [-0.3, -0.25) is 4.79 Å². The second-order valence-electron chi connectivity index (χ2n) is 7.59. The Labute approximate surface area is 168 Å². The maximum atomic E-state index is 14.0. The number of nitrogens with one attached hydrogen (secondary N) is 2. The van der Waals surface area contributed by atoms with Crippen LogP contribution in [0.1, 0.15) is 36.4 Å². The van der Waals surface area contributed by atoms with Crippen LogP contribution in [0.15, 0.2) is 47.3 Å². The average Bonchev–Trinajstić information content (AvgIpc) is 2.66. The molecule has 30 heavy (non-hydrogen) atoms. The molecule has 0 saturated carbocycles. The van der Waals surface area contributed by atoms with Gasteiger partial charge in [0.25, 0.3) is 0 Å². The summed E-state index contributed by atoms with van der Waals surface area (Å²) in [7, 11) is 0. The fourth-order valence-corrected chi connectivity index (χ4v) is 4.26. The van der Waals surface area contributed by atoms with E-state index in [2.05, 4.69) is 10.3 Å². The number of alkyl halides is 3. The lowest BCUT2D eigenvalue weighted by molar-refractivity contribution is -0.272. The second-order valence-corrected chi connectivity index (χ2v) is 7.59. The molecule has 0 spiro atoms. The van der Waals surface area contributed by atoms with E-state index < -0.39 is 41.7 Å². The highest BCUT2D eigenvalue weighted by molar-refractivity contribution is 5.91. The van der Waals surface area contributed by atoms with Gasteiger partial charge in [0.05, 0.1) is 11.6 Å². The van der Waals surface area contributed by atoms with Gasteiger partial charge >= 0.3 is 6.18 Å². The number of phenols is 1. The molecule has 1 heterocycles. The van der Waals surface area contributed by atoms with E-state index in [4.69, 9.17) is 0 Å². The van der Waals surface area contributed by atoms with Crippen molar-refractivity contribution in [1.29, 1.82) is 0 Å². The van der Waals surface area contributed by atoms with Crippen LogP contribution in [0.25, 0.3) is 10.9 Å². The number of fused-ring (bicyclic) bond motifs is 2. The van der Waals surface area contributed by atoms with E-state index in [1.165, 1.54) is 25.1 Å². The predicted molar refractivity (Wildman–Crippen MR) is 103 cm³/mol. The molecule has 9 heteroatoms. The minimum absolute atomic E-state index is 0.0232. The van der Waals surface area contributed by atoms with Crippen molar-refractivity contribution in [1.82, 2.24) is 4.98 Å². The number of phenolic OH excluding ortho intramolecular Hbond substituents is 1. The van der Waals surface area contributed by atoms with E-state index in [0.29, 0.717) is 10.9 Å². The van der Waals surface area contributed by atoms with E-state index in [9.17, 15) is 32.6 Å². The first-order valence-electron chi connectivity index (χ1n) is 9.22. The van der Waals surface area contributed by atoms with E-state index in [1.807, 2.05) is 0 Å². The molecule has 0 saturated heterocycles. The number of aliphatic hydroxyl groups is 1. The summed E-state index contributed by atoms with van der Waals surface area (Å²) < 4.78 is 56.0. The summed E-state index contributed by atoms with van der Waals surface area (Å²) in [6.45, 7) is 1.40. The van der Waals surface area contributed by atoms with Crippen LogP contribution in [-0.4, -0.2) is 27.0 Å². The number of hydrogen-bond donors (Lipinski definition) is 4. The number of anilines is 1. The molecule has 1 aliphatic rings. The Hall–Kier alpha value is -3.07. The lowest BCUT2D eigenvalue weighted by Crippen LogP contribution is -2.55. The summed E-state index contributed by atoms with van der Waals surface area (Å²) in [4.78, 5) is 14.2. The van der Waals surface area contributed by atoms with Gasteiger partial charge in [-0.1, -0.05) is 19.1 Å². The zero-order chi connectivity index (χ0) is 21.8. The molecular formula is C21H18F4N2O3. The van der Waals surface area contributed by atoms with Crippen molar-refractivity contribution in [2.75, 3.05) is 5.32 Å². The summed E-state index contributed by atoms with van der Waals surface area (Å²) >= 11 is 0. The third kappa shape index (κ3) is 3.00. The number of rotatable bonds is 2. The van der Waals surface area contributed by atoms with Crippen molar-refractivity contribution in [2.24, 2.45) is 0 Å². The fourth-order valence-electron chi connectivity index (χ4n) is 4.26. The number of H-pyrrole nitrogens is 1. The standard InChI is InChI=1S/C21H18F4N2O3/c1-10-9-20(30,21(23,24)25)19(12-5-7-13(22)18(29)17(10)12)27-15-4-2-3-14-11(15)6-8-16(28)26-14/h2-8,10,19,27,29-30H,9H2,1H3,(H,26,28)/t10-,19?,20-/m1/s1. The molecule has 2 aromatic carbocycles. The minimum atomic E-state index is -5.00. The molecule has 158 valence electrons. The van der Waals surface area contributed by atoms with Crippen LogP contribution in [0.4, 0.5) is 23.2 Å². The first-order chi connectivity index (χ1) is 14.0. The summed E-state index contributed by atoms with van der Waals surface area (Å²) in [6.07, 6.45) is -5.76. The number of pyridine rings is 1. The van der Waals surface area contributed by atoms with Gasteiger partial charge < -0.3 is 20.5 Å². The average molecular weight is 422 g/mol. The SMILES string of the molecule is C[C@@H]1C[C@](O)(C(F)(F)F)C(Nc2cccc3[nH]c(=O)ccc23)c2ccc(F)c(O)c21. The molecule has 3 atom stereocenters. The maximum absolute atomic E-state index is 14.0. The van der Waals surface area contributed by atoms with Crippen molar-refractivity contribution < 1.29 is 27.8 Å². The fraction of sp³-hybridized carbons (Fsp3) is 0.286. The van der Waals surface area contributed by atoms with E-state index in [1.54, 1.807) is 12.1 Å². The van der Waals surface area contributed by atoms with Gasteiger partial charge in [-0.15, -0.1) is 0 Å². The number of aromatic amines is 1. The number of halogens is 4. The Balaban J connectivity index is 1.93. The topological polar surface area (TPSA) is 85.4 Å². The Bertz CT molecular complexity index is 1190. The van der Waals surface area contributed by atoms with Crippen LogP contribution in [0, 0.1) is 5.82 Å². The molecule has 0 radical (unpaired) electrons. The smallest absolute Gasteiger partial charge is 0.419 e. The molecule has 0 amide bonds. The first-order valence-corrected chi connectivity index (χ1v) is 9.22. The molecule has 0 fully saturated rings. The normalized spacial score (nSPS) is 23.9. The van der Waals surface area contributed by atoms with E-state index in [0.717, 1.165) is 12.1 Å². The van der Waals surface area contributed by atoms with Crippen molar-refractivity contribution in [3.05, 3.63) is 69.8 Å². The van der Waals surface area contributed by atoms with Crippen LogP contribution in [0.3, 0.4) is 0 Å². The van der Waals surface area contributed by atoms with Gasteiger partial charge in [-0.25, -0.2) is 4.39 Å². The third-order valence-electron chi connectivity index (χ3n) is 5.66. The van der Waals surface area contributed by atoms with Crippen molar-refractivity contribution in [3.63, 3.8) is 0 Å². The van der Waals surface area contributed by atoms with Gasteiger partial charge in [-0.2, -0.15) is 13.2 Å². The molecule has 1 aromatic heterocycles. The summed E-state index contributed by atoms with van der Waals surface area (Å²) in [5.74, 6) is -2.61. The molecule has 0 bridgehead atoms. The van der Waals surface area contributed by atoms with Crippen molar-refractivity contribution >= 4 is 16.6 Å². The lowest BCUT2D eigenvalue weighted by Gasteiger charge is -2.45. The van der Waals surface area contributed by atoms with Gasteiger partial charge in [0.2, 0.25) is 5.56 Å². The van der Waals surface area contributed by atoms with Crippen molar-refractivity contribution in [2.45, 2.75) is 37.1 Å². The summed E-state index contributed by atoms with van der Waals surface area (Å²) in [5.41, 5.74) is -2.93. The second kappa shape index (κ2) is 6.73. The molecule has 1 unspecified atom stereocenters. The lowest BCUT2D eigenvalue weighted by atomic mass is 9.70. The Morgan fingerprint density at radius 1 is 1.17 bits per heavy atom. The van der Waals surface area contributed by atoms with Crippen molar-refractivity contribution in [3.8, 4) is 5.75 Å². The molecule has 1 aliphatic carbocycles. The predicted octanol–water partition coefficient (Wildman–Crippen LogP) is 4.33. The Morgan fingerprint density at radius 2 is 1.90 bits per heavy atom. The number of hydrogen-bond acceptors (Lipinski definition) is 4. The van der Waals surface area contributed by atoms with Gasteiger partial charge in [-0.05, 0) is 42.2 Å². The van der Waals surface area contributed by atoms with Crippen LogP contribution in [0.2, 0.25) is 0 Å². The molecular weight excluding hydrogens is 404 g/mol. The van der Waals surface area contributed by atoms with Crippen LogP contribution < -0.4 is 10.9 Å². The monoisotopic (exact) mass is 422 g/mol. The highest BCUT2D eigenvalue weighted by Crippen LogP contribution is 2.54. The highest BCUT2D eigenvalue weighted by atomic mass is 19.4. The van der Waals surface area contributed by atoms with Gasteiger partial charge in [0.1, 0.15) is 0 Å². The molecule has 4 rings (SSSR count). The molecule has 5 nitrogen and oxygen atoms in total. The maximum Gasteiger partial charge on any atom is 0.419 e. The quantitative estimate of drug-likeness (QED) is 0.463.